The number of nitrogens with two attached hydrogens (primary N) is 1. The molecule has 1 unspecified atom stereocenters. The van der Waals surface area contributed by atoms with Gasteiger partial charge in [0.05, 0.1) is 11.5 Å². The molecule has 2 N–H and O–H groups in total. The molecule has 1 heterocycles. The zero-order chi connectivity index (χ0) is 14.7. The number of benzene rings is 1. The Kier molecular flexibility index (Phi) is 4.42. The van der Waals surface area contributed by atoms with Crippen LogP contribution in [-0.4, -0.2) is 9.49 Å². The van der Waals surface area contributed by atoms with Crippen molar-refractivity contribution in [1.29, 1.82) is 0 Å². The minimum atomic E-state index is -0.413. The lowest BCUT2D eigenvalue weighted by Gasteiger charge is -2.07. The first-order valence-electron chi connectivity index (χ1n) is 6.35. The van der Waals surface area contributed by atoms with E-state index in [9.17, 15) is 10.1 Å². The topological polar surface area (TPSA) is 74.1 Å². The largest absolute Gasteiger partial charge is 0.349 e. The van der Waals surface area contributed by atoms with E-state index in [0.29, 0.717) is 17.1 Å². The molecule has 1 aromatic carbocycles. The summed E-state index contributed by atoms with van der Waals surface area (Å²) >= 11 is 5.80. The summed E-state index contributed by atoms with van der Waals surface area (Å²) in [6, 6.07) is 6.65. The highest BCUT2D eigenvalue weighted by atomic mass is 35.5. The molecule has 0 saturated carbocycles. The molecule has 106 valence electrons. The Hall–Kier alpha value is -1.85. The van der Waals surface area contributed by atoms with E-state index in [1.165, 1.54) is 6.07 Å². The summed E-state index contributed by atoms with van der Waals surface area (Å²) in [5.74, 6) is 0. The zero-order valence-electron chi connectivity index (χ0n) is 11.1. The van der Waals surface area contributed by atoms with Gasteiger partial charge in [-0.2, -0.15) is 0 Å². The van der Waals surface area contributed by atoms with Gasteiger partial charge < -0.3 is 10.3 Å². The van der Waals surface area contributed by atoms with Crippen molar-refractivity contribution in [1.82, 2.24) is 4.57 Å². The van der Waals surface area contributed by atoms with Crippen molar-refractivity contribution >= 4 is 17.3 Å². The Bertz CT molecular complexity index is 625. The molecule has 0 aliphatic rings. The molecule has 5 nitrogen and oxygen atoms in total. The second-order valence-electron chi connectivity index (χ2n) is 4.66. The molecular weight excluding hydrogens is 278 g/mol. The zero-order valence-corrected chi connectivity index (χ0v) is 11.9. The van der Waals surface area contributed by atoms with E-state index in [1.54, 1.807) is 12.1 Å². The van der Waals surface area contributed by atoms with Crippen LogP contribution in [0.25, 0.3) is 0 Å². The molecule has 0 bridgehead atoms. The normalized spacial score (nSPS) is 12.3. The number of halogens is 1. The summed E-state index contributed by atoms with van der Waals surface area (Å²) in [5.41, 5.74) is 7.64. The first kappa shape index (κ1) is 14.6. The van der Waals surface area contributed by atoms with E-state index in [1.807, 2.05) is 30.0 Å². The molecule has 0 saturated heterocycles. The fourth-order valence-corrected chi connectivity index (χ4v) is 2.22. The summed E-state index contributed by atoms with van der Waals surface area (Å²) in [6.07, 6.45) is 4.65. The number of nitro groups is 1. The first-order valence-corrected chi connectivity index (χ1v) is 6.73. The highest BCUT2D eigenvalue weighted by Gasteiger charge is 2.15. The van der Waals surface area contributed by atoms with Crippen LogP contribution < -0.4 is 5.73 Å². The van der Waals surface area contributed by atoms with Crippen LogP contribution in [0.4, 0.5) is 5.69 Å². The molecular formula is C14H16ClN3O2. The lowest BCUT2D eigenvalue weighted by Crippen LogP contribution is -2.07. The molecule has 1 aromatic heterocycles. The molecule has 2 rings (SSSR count). The predicted octanol–water partition coefficient (Wildman–Crippen LogP) is 3.51. The fourth-order valence-electron chi connectivity index (χ4n) is 2.05. The molecule has 0 aliphatic heterocycles. The molecule has 0 amide bonds. The average Bonchev–Trinajstić information content (AvgIpc) is 2.88. The predicted molar refractivity (Wildman–Crippen MR) is 78.9 cm³/mol. The Balaban J connectivity index is 2.26. The summed E-state index contributed by atoms with van der Waals surface area (Å²) in [4.78, 5) is 10.6. The maximum Gasteiger partial charge on any atom is 0.275 e. The van der Waals surface area contributed by atoms with Gasteiger partial charge in [-0.1, -0.05) is 18.5 Å². The van der Waals surface area contributed by atoms with E-state index in [0.717, 1.165) is 12.0 Å². The van der Waals surface area contributed by atoms with Gasteiger partial charge in [-0.3, -0.25) is 10.1 Å². The molecule has 0 radical (unpaired) electrons. The summed E-state index contributed by atoms with van der Waals surface area (Å²) in [5, 5.41) is 11.4. The Morgan fingerprint density at radius 3 is 2.85 bits per heavy atom. The van der Waals surface area contributed by atoms with Crippen LogP contribution in [0.15, 0.2) is 36.7 Å². The second kappa shape index (κ2) is 6.07. The van der Waals surface area contributed by atoms with Gasteiger partial charge in [0.1, 0.15) is 0 Å². The molecule has 0 spiro atoms. The van der Waals surface area contributed by atoms with Gasteiger partial charge in [0.15, 0.2) is 0 Å². The van der Waals surface area contributed by atoms with Gasteiger partial charge in [-0.25, -0.2) is 0 Å². The third-order valence-corrected chi connectivity index (χ3v) is 3.47. The Morgan fingerprint density at radius 2 is 2.20 bits per heavy atom. The van der Waals surface area contributed by atoms with Gasteiger partial charge in [-0.15, -0.1) is 0 Å². The number of hydrogen-bond donors (Lipinski definition) is 1. The number of nitro benzene ring substituents is 1. The van der Waals surface area contributed by atoms with Gasteiger partial charge in [0, 0.05) is 35.1 Å². The van der Waals surface area contributed by atoms with Gasteiger partial charge >= 0.3 is 0 Å². The minimum Gasteiger partial charge on any atom is -0.349 e. The monoisotopic (exact) mass is 293 g/mol. The van der Waals surface area contributed by atoms with E-state index in [-0.39, 0.29) is 11.7 Å². The molecule has 0 fully saturated rings. The number of aromatic nitrogens is 1. The van der Waals surface area contributed by atoms with E-state index < -0.39 is 4.92 Å². The van der Waals surface area contributed by atoms with Gasteiger partial charge in [0.25, 0.3) is 5.69 Å². The summed E-state index contributed by atoms with van der Waals surface area (Å²) < 4.78 is 1.89. The van der Waals surface area contributed by atoms with Crippen LogP contribution in [0.3, 0.4) is 0 Å². The smallest absolute Gasteiger partial charge is 0.275 e. The van der Waals surface area contributed by atoms with E-state index in [2.05, 4.69) is 0 Å². The molecule has 20 heavy (non-hydrogen) atoms. The van der Waals surface area contributed by atoms with Crippen LogP contribution >= 0.6 is 11.6 Å². The summed E-state index contributed by atoms with van der Waals surface area (Å²) in [6.45, 7) is 2.44. The lowest BCUT2D eigenvalue weighted by molar-refractivity contribution is -0.385. The van der Waals surface area contributed by atoms with Crippen LogP contribution in [0, 0.1) is 10.1 Å². The highest BCUT2D eigenvalue weighted by Crippen LogP contribution is 2.24. The Morgan fingerprint density at radius 1 is 1.45 bits per heavy atom. The third-order valence-electron chi connectivity index (χ3n) is 3.24. The van der Waals surface area contributed by atoms with Crippen molar-refractivity contribution in [2.75, 3.05) is 0 Å². The van der Waals surface area contributed by atoms with Crippen molar-refractivity contribution in [3.63, 3.8) is 0 Å². The maximum absolute atomic E-state index is 11.0. The SMILES string of the molecule is CCC(N)c1ccn(Cc2ccc(Cl)cc2[N+](=O)[O-])c1. The highest BCUT2D eigenvalue weighted by molar-refractivity contribution is 6.30. The average molecular weight is 294 g/mol. The van der Waals surface area contributed by atoms with Crippen LogP contribution in [0.5, 0.6) is 0 Å². The number of hydrogen-bond acceptors (Lipinski definition) is 3. The molecule has 0 aliphatic carbocycles. The van der Waals surface area contributed by atoms with Crippen LogP contribution in [-0.2, 0) is 6.54 Å². The fraction of sp³-hybridized carbons (Fsp3) is 0.286. The summed E-state index contributed by atoms with van der Waals surface area (Å²) in [7, 11) is 0. The van der Waals surface area contributed by atoms with Crippen LogP contribution in [0.2, 0.25) is 5.02 Å². The number of rotatable bonds is 5. The van der Waals surface area contributed by atoms with Crippen molar-refractivity contribution in [3.8, 4) is 0 Å². The molecule has 6 heteroatoms. The minimum absolute atomic E-state index is 0.00328. The van der Waals surface area contributed by atoms with Gasteiger partial charge in [-0.05, 0) is 30.2 Å². The first-order chi connectivity index (χ1) is 9.51. The second-order valence-corrected chi connectivity index (χ2v) is 5.10. The van der Waals surface area contributed by atoms with Crippen molar-refractivity contribution < 1.29 is 4.92 Å². The third kappa shape index (κ3) is 3.18. The maximum atomic E-state index is 11.0. The van der Waals surface area contributed by atoms with Crippen molar-refractivity contribution in [3.05, 3.63) is 62.9 Å². The van der Waals surface area contributed by atoms with Crippen LogP contribution in [0.1, 0.15) is 30.5 Å². The van der Waals surface area contributed by atoms with E-state index >= 15 is 0 Å². The van der Waals surface area contributed by atoms with Gasteiger partial charge in [0.2, 0.25) is 0 Å². The molecule has 1 atom stereocenters. The quantitative estimate of drug-likeness (QED) is 0.677. The van der Waals surface area contributed by atoms with E-state index in [4.69, 9.17) is 17.3 Å². The van der Waals surface area contributed by atoms with Crippen molar-refractivity contribution in [2.45, 2.75) is 25.9 Å². The molecule has 2 aromatic rings. The number of nitrogens with zero attached hydrogens (tertiary/aromatic N) is 2. The van der Waals surface area contributed by atoms with Crippen molar-refractivity contribution in [2.24, 2.45) is 5.73 Å². The standard InChI is InChI=1S/C14H16ClN3O2/c1-2-13(16)10-5-6-17(8-10)9-11-3-4-12(15)7-14(11)18(19)20/h3-8,13H,2,9,16H2,1H3. The lowest BCUT2D eigenvalue weighted by atomic mass is 10.1. The Labute approximate surface area is 122 Å².